The van der Waals surface area contributed by atoms with E-state index in [1.165, 1.54) is 12.1 Å². The van der Waals surface area contributed by atoms with Crippen LogP contribution in [0.3, 0.4) is 0 Å². The van der Waals surface area contributed by atoms with Gasteiger partial charge in [-0.3, -0.25) is 4.79 Å². The fourth-order valence-corrected chi connectivity index (χ4v) is 2.35. The average molecular weight is 299 g/mol. The lowest BCUT2D eigenvalue weighted by molar-refractivity contribution is -0.117. The van der Waals surface area contributed by atoms with E-state index in [0.29, 0.717) is 0 Å². The quantitative estimate of drug-likeness (QED) is 0.623. The second kappa shape index (κ2) is 7.00. The van der Waals surface area contributed by atoms with Gasteiger partial charge in [-0.1, -0.05) is 11.8 Å². The van der Waals surface area contributed by atoms with E-state index in [0.717, 1.165) is 6.07 Å². The van der Waals surface area contributed by atoms with E-state index in [-0.39, 0.29) is 30.0 Å². The zero-order chi connectivity index (χ0) is 15.2. The summed E-state index contributed by atoms with van der Waals surface area (Å²) in [5, 5.41) is 0. The fourth-order valence-electron chi connectivity index (χ4n) is 1.30. The molecule has 5 N–H and O–H groups in total. The van der Waals surface area contributed by atoms with Gasteiger partial charge in [-0.05, 0) is 18.2 Å². The summed E-state index contributed by atoms with van der Waals surface area (Å²) in [6.07, 6.45) is -0.137. The molecule has 1 aromatic rings. The van der Waals surface area contributed by atoms with E-state index in [4.69, 9.17) is 11.5 Å². The lowest BCUT2D eigenvalue weighted by atomic mass is 10.2. The van der Waals surface area contributed by atoms with Crippen molar-refractivity contribution in [3.8, 4) is 11.8 Å². The summed E-state index contributed by atoms with van der Waals surface area (Å²) in [6, 6.07) is 3.32. The number of primary amides is 1. The van der Waals surface area contributed by atoms with Crippen molar-refractivity contribution in [2.24, 2.45) is 11.5 Å². The van der Waals surface area contributed by atoms with Crippen molar-refractivity contribution in [3.05, 3.63) is 29.6 Å². The molecule has 1 rings (SSSR count). The Bertz CT molecular complexity index is 662. The van der Waals surface area contributed by atoms with E-state index >= 15 is 0 Å². The lowest BCUT2D eigenvalue weighted by Crippen LogP contribution is -2.28. The van der Waals surface area contributed by atoms with Crippen molar-refractivity contribution in [2.75, 3.05) is 13.1 Å². The summed E-state index contributed by atoms with van der Waals surface area (Å²) in [7, 11) is -3.89. The minimum absolute atomic E-state index is 0.0616. The smallest absolute Gasteiger partial charge is 0.240 e. The van der Waals surface area contributed by atoms with Crippen LogP contribution in [0.25, 0.3) is 0 Å². The molecule has 0 saturated carbocycles. The van der Waals surface area contributed by atoms with Gasteiger partial charge in [-0.2, -0.15) is 0 Å². The summed E-state index contributed by atoms with van der Waals surface area (Å²) in [4.78, 5) is 10.3. The number of carbonyl (C=O) groups is 1. The molecular weight excluding hydrogens is 285 g/mol. The molecule has 0 radical (unpaired) electrons. The molecule has 108 valence electrons. The molecule has 1 amide bonds. The minimum Gasteiger partial charge on any atom is -0.370 e. The van der Waals surface area contributed by atoms with Gasteiger partial charge < -0.3 is 11.5 Å². The van der Waals surface area contributed by atoms with Crippen molar-refractivity contribution in [1.29, 1.82) is 0 Å². The Morgan fingerprint density at radius 1 is 1.40 bits per heavy atom. The van der Waals surface area contributed by atoms with Crippen LogP contribution in [-0.2, 0) is 14.8 Å². The number of sulfonamides is 1. The number of halogens is 1. The minimum atomic E-state index is -3.89. The van der Waals surface area contributed by atoms with E-state index in [9.17, 15) is 17.6 Å². The number of rotatable bonds is 5. The van der Waals surface area contributed by atoms with Crippen LogP contribution in [0.4, 0.5) is 4.39 Å². The van der Waals surface area contributed by atoms with Crippen molar-refractivity contribution < 1.29 is 17.6 Å². The highest BCUT2D eigenvalue weighted by molar-refractivity contribution is 7.89. The number of carbonyl (C=O) groups excluding carboxylic acids is 1. The van der Waals surface area contributed by atoms with Crippen LogP contribution in [-0.4, -0.2) is 27.4 Å². The molecule has 6 nitrogen and oxygen atoms in total. The largest absolute Gasteiger partial charge is 0.370 e. The molecule has 0 saturated heterocycles. The molecule has 20 heavy (non-hydrogen) atoms. The summed E-state index contributed by atoms with van der Waals surface area (Å²) in [5.41, 5.74) is 10.1. The van der Waals surface area contributed by atoms with Crippen molar-refractivity contribution in [3.63, 3.8) is 0 Å². The second-order valence-corrected chi connectivity index (χ2v) is 5.53. The van der Waals surface area contributed by atoms with Gasteiger partial charge in [0.25, 0.3) is 0 Å². The number of hydrogen-bond donors (Lipinski definition) is 3. The summed E-state index contributed by atoms with van der Waals surface area (Å²) in [6.45, 7) is -0.0673. The standard InChI is InChI=1S/C12H14FN3O3S/c13-11-8-10(4-3-9(11)2-1-6-14)20(18,19)16-7-5-12(15)17/h3-4,8,16H,5-7,14H2,(H2,15,17). The van der Waals surface area contributed by atoms with Crippen LogP contribution < -0.4 is 16.2 Å². The van der Waals surface area contributed by atoms with Gasteiger partial charge in [0.15, 0.2) is 0 Å². The maximum atomic E-state index is 13.6. The van der Waals surface area contributed by atoms with Crippen LogP contribution >= 0.6 is 0 Å². The Morgan fingerprint density at radius 3 is 2.65 bits per heavy atom. The molecule has 0 aliphatic rings. The van der Waals surface area contributed by atoms with Crippen molar-refractivity contribution >= 4 is 15.9 Å². The highest BCUT2D eigenvalue weighted by atomic mass is 32.2. The Labute approximate surface area is 116 Å². The van der Waals surface area contributed by atoms with E-state index in [1.54, 1.807) is 0 Å². The van der Waals surface area contributed by atoms with Crippen LogP contribution in [0.2, 0.25) is 0 Å². The predicted molar refractivity (Wildman–Crippen MR) is 71.3 cm³/mol. The maximum absolute atomic E-state index is 13.6. The first kappa shape index (κ1) is 16.1. The highest BCUT2D eigenvalue weighted by Crippen LogP contribution is 2.14. The van der Waals surface area contributed by atoms with E-state index in [2.05, 4.69) is 16.6 Å². The molecule has 0 aliphatic heterocycles. The third-order valence-electron chi connectivity index (χ3n) is 2.24. The molecule has 0 unspecified atom stereocenters. The van der Waals surface area contributed by atoms with Crippen molar-refractivity contribution in [2.45, 2.75) is 11.3 Å². The lowest BCUT2D eigenvalue weighted by Gasteiger charge is -2.06. The third kappa shape index (κ3) is 4.62. The molecule has 0 bridgehead atoms. The molecule has 0 aromatic heterocycles. The maximum Gasteiger partial charge on any atom is 0.240 e. The Hall–Kier alpha value is -1.95. The summed E-state index contributed by atoms with van der Waals surface area (Å²) < 4.78 is 39.4. The molecule has 0 spiro atoms. The SMILES string of the molecule is NCC#Cc1ccc(S(=O)(=O)NCCC(N)=O)cc1F. The number of benzene rings is 1. The van der Waals surface area contributed by atoms with Crippen LogP contribution in [0.15, 0.2) is 23.1 Å². The molecule has 8 heteroatoms. The Morgan fingerprint density at radius 2 is 2.10 bits per heavy atom. The van der Waals surface area contributed by atoms with Gasteiger partial charge in [0.1, 0.15) is 5.82 Å². The number of amides is 1. The first-order valence-corrected chi connectivity index (χ1v) is 7.11. The molecule has 0 heterocycles. The number of nitrogens with one attached hydrogen (secondary N) is 1. The second-order valence-electron chi connectivity index (χ2n) is 3.76. The fraction of sp³-hybridized carbons (Fsp3) is 0.250. The van der Waals surface area contributed by atoms with E-state index in [1.807, 2.05) is 0 Å². The highest BCUT2D eigenvalue weighted by Gasteiger charge is 2.15. The number of hydrogen-bond acceptors (Lipinski definition) is 4. The molecule has 0 atom stereocenters. The normalized spacial score (nSPS) is 10.7. The molecular formula is C12H14FN3O3S. The van der Waals surface area contributed by atoms with Crippen LogP contribution in [0.5, 0.6) is 0 Å². The van der Waals surface area contributed by atoms with Gasteiger partial charge in [0.2, 0.25) is 15.9 Å². The average Bonchev–Trinajstić information content (AvgIpc) is 2.36. The monoisotopic (exact) mass is 299 g/mol. The zero-order valence-electron chi connectivity index (χ0n) is 10.5. The van der Waals surface area contributed by atoms with E-state index < -0.39 is 21.7 Å². The third-order valence-corrected chi connectivity index (χ3v) is 3.70. The predicted octanol–water partition coefficient (Wildman–Crippen LogP) is -0.710. The van der Waals surface area contributed by atoms with Gasteiger partial charge in [-0.25, -0.2) is 17.5 Å². The van der Waals surface area contributed by atoms with Gasteiger partial charge in [0, 0.05) is 13.0 Å². The Balaban J connectivity index is 2.91. The molecule has 0 aliphatic carbocycles. The first-order chi connectivity index (χ1) is 9.36. The molecule has 0 fully saturated rings. The zero-order valence-corrected chi connectivity index (χ0v) is 11.3. The summed E-state index contributed by atoms with van der Waals surface area (Å²) >= 11 is 0. The van der Waals surface area contributed by atoms with Gasteiger partial charge in [-0.15, -0.1) is 0 Å². The van der Waals surface area contributed by atoms with Crippen LogP contribution in [0, 0.1) is 17.7 Å². The van der Waals surface area contributed by atoms with Crippen molar-refractivity contribution in [1.82, 2.24) is 4.72 Å². The molecule has 1 aromatic carbocycles. The number of nitrogens with two attached hydrogens (primary N) is 2. The van der Waals surface area contributed by atoms with Crippen LogP contribution in [0.1, 0.15) is 12.0 Å². The van der Waals surface area contributed by atoms with Gasteiger partial charge in [0.05, 0.1) is 17.0 Å². The Kier molecular flexibility index (Phi) is 5.64. The van der Waals surface area contributed by atoms with Gasteiger partial charge >= 0.3 is 0 Å². The summed E-state index contributed by atoms with van der Waals surface area (Å²) in [5.74, 6) is 3.56. The topological polar surface area (TPSA) is 115 Å². The first-order valence-electron chi connectivity index (χ1n) is 5.63.